The van der Waals surface area contributed by atoms with Gasteiger partial charge in [0.2, 0.25) is 0 Å². The van der Waals surface area contributed by atoms with Crippen molar-refractivity contribution in [2.24, 2.45) is 0 Å². The van der Waals surface area contributed by atoms with Gasteiger partial charge in [0.1, 0.15) is 5.75 Å². The molecule has 0 amide bonds. The van der Waals surface area contributed by atoms with Gasteiger partial charge in [-0.05, 0) is 18.2 Å². The summed E-state index contributed by atoms with van der Waals surface area (Å²) in [6.07, 6.45) is 30.1. The lowest BCUT2D eigenvalue weighted by Gasteiger charge is -2.04. The van der Waals surface area contributed by atoms with E-state index >= 15 is 0 Å². The molecule has 0 aliphatic carbocycles. The van der Waals surface area contributed by atoms with E-state index in [-0.39, 0.29) is 0 Å². The molecule has 1 aromatic heterocycles. The summed E-state index contributed by atoms with van der Waals surface area (Å²) in [4.78, 5) is 0. The average Bonchev–Trinajstić information content (AvgIpc) is 3.20. The van der Waals surface area contributed by atoms with E-state index in [0.717, 1.165) is 5.75 Å². The summed E-state index contributed by atoms with van der Waals surface area (Å²) >= 11 is 1.76. The van der Waals surface area contributed by atoms with E-state index in [1.165, 1.54) is 140 Å². The van der Waals surface area contributed by atoms with E-state index in [1.807, 2.05) is 0 Å². The maximum atomic E-state index is 5.39. The number of hydrogen-bond acceptors (Lipinski definition) is 2. The first-order valence-corrected chi connectivity index (χ1v) is 13.9. The predicted octanol–water partition coefficient (Wildman–Crippen LogP) is 10.1. The molecule has 2 heteroatoms. The number of methoxy groups -OCH3 is 1. The topological polar surface area (TPSA) is 9.23 Å². The molecule has 1 heterocycles. The minimum atomic E-state index is 1.09. The van der Waals surface area contributed by atoms with E-state index in [2.05, 4.69) is 17.7 Å². The van der Waals surface area contributed by atoms with Gasteiger partial charge in [-0.1, -0.05) is 129 Å². The van der Waals surface area contributed by atoms with Gasteiger partial charge in [0.25, 0.3) is 0 Å². The molecule has 0 radical (unpaired) electrons. The summed E-state index contributed by atoms with van der Waals surface area (Å²) < 4.78 is 5.39. The molecule has 0 aliphatic heterocycles. The van der Waals surface area contributed by atoms with Crippen molar-refractivity contribution in [2.45, 2.75) is 142 Å². The van der Waals surface area contributed by atoms with Crippen molar-refractivity contribution in [3.63, 3.8) is 0 Å². The zero-order valence-electron chi connectivity index (χ0n) is 19.8. The van der Waals surface area contributed by atoms with Crippen LogP contribution in [0.2, 0.25) is 0 Å². The molecule has 0 unspecified atom stereocenters. The zero-order valence-corrected chi connectivity index (χ0v) is 20.6. The van der Waals surface area contributed by atoms with Crippen LogP contribution in [-0.2, 0) is 6.42 Å². The van der Waals surface area contributed by atoms with Crippen LogP contribution in [0.25, 0.3) is 0 Å². The Kier molecular flexibility index (Phi) is 19.0. The van der Waals surface area contributed by atoms with Crippen LogP contribution < -0.4 is 4.74 Å². The van der Waals surface area contributed by atoms with Gasteiger partial charge < -0.3 is 4.74 Å². The first-order valence-electron chi connectivity index (χ1n) is 13.0. The number of thiophene rings is 1. The van der Waals surface area contributed by atoms with Crippen LogP contribution in [0.1, 0.15) is 141 Å². The van der Waals surface area contributed by atoms with Gasteiger partial charge >= 0.3 is 0 Å². The van der Waals surface area contributed by atoms with Crippen molar-refractivity contribution < 1.29 is 4.74 Å². The molecular formula is C27H50OS. The highest BCUT2D eigenvalue weighted by molar-refractivity contribution is 7.08. The second-order valence-electron chi connectivity index (χ2n) is 8.93. The lowest BCUT2D eigenvalue weighted by molar-refractivity contribution is 0.411. The third kappa shape index (κ3) is 15.9. The monoisotopic (exact) mass is 422 g/mol. The first-order chi connectivity index (χ1) is 14.4. The minimum absolute atomic E-state index is 1.09. The summed E-state index contributed by atoms with van der Waals surface area (Å²) in [6.45, 7) is 2.30. The van der Waals surface area contributed by atoms with Crippen molar-refractivity contribution in [3.8, 4) is 5.75 Å². The standard InChI is InChI=1S/C27H50OS/c1-3-4-5-6-7-8-9-10-11-12-13-14-15-16-17-18-19-20-21-22-23-26-24-29-25-27(26)28-2/h24-25H,3-23H2,1-2H3. The molecule has 170 valence electrons. The summed E-state index contributed by atoms with van der Waals surface area (Å²) in [5.41, 5.74) is 1.40. The summed E-state index contributed by atoms with van der Waals surface area (Å²) in [7, 11) is 1.78. The van der Waals surface area contributed by atoms with Crippen LogP contribution in [0.4, 0.5) is 0 Å². The highest BCUT2D eigenvalue weighted by Crippen LogP contribution is 2.25. The second kappa shape index (κ2) is 20.8. The normalized spacial score (nSPS) is 11.2. The van der Waals surface area contributed by atoms with Gasteiger partial charge in [-0.3, -0.25) is 0 Å². The molecule has 1 aromatic rings. The van der Waals surface area contributed by atoms with Crippen LogP contribution in [0.15, 0.2) is 10.8 Å². The van der Waals surface area contributed by atoms with Gasteiger partial charge in [0, 0.05) is 10.9 Å². The maximum Gasteiger partial charge on any atom is 0.132 e. The molecule has 0 atom stereocenters. The van der Waals surface area contributed by atoms with Crippen LogP contribution in [0.5, 0.6) is 5.75 Å². The third-order valence-corrected chi connectivity index (χ3v) is 6.99. The molecule has 0 spiro atoms. The van der Waals surface area contributed by atoms with Gasteiger partial charge in [-0.15, -0.1) is 11.3 Å². The van der Waals surface area contributed by atoms with Crippen LogP contribution in [0.3, 0.4) is 0 Å². The Hall–Kier alpha value is -0.500. The van der Waals surface area contributed by atoms with Crippen LogP contribution >= 0.6 is 11.3 Å². The van der Waals surface area contributed by atoms with Gasteiger partial charge in [-0.25, -0.2) is 0 Å². The Morgan fingerprint density at radius 2 is 0.931 bits per heavy atom. The van der Waals surface area contributed by atoms with E-state index in [4.69, 9.17) is 4.74 Å². The SMILES string of the molecule is CCCCCCCCCCCCCCCCCCCCCCc1cscc1OC. The quantitative estimate of drug-likeness (QED) is 0.169. The van der Waals surface area contributed by atoms with Crippen molar-refractivity contribution in [1.82, 2.24) is 0 Å². The smallest absolute Gasteiger partial charge is 0.132 e. The largest absolute Gasteiger partial charge is 0.496 e. The molecular weight excluding hydrogens is 372 g/mol. The maximum absolute atomic E-state index is 5.39. The summed E-state index contributed by atoms with van der Waals surface area (Å²) in [5.74, 6) is 1.09. The molecule has 0 aromatic carbocycles. The van der Waals surface area contributed by atoms with Crippen LogP contribution in [-0.4, -0.2) is 7.11 Å². The number of hydrogen-bond donors (Lipinski definition) is 0. The van der Waals surface area contributed by atoms with Crippen molar-refractivity contribution >= 4 is 11.3 Å². The fraction of sp³-hybridized carbons (Fsp3) is 0.852. The van der Waals surface area contributed by atoms with E-state index in [1.54, 1.807) is 18.4 Å². The molecule has 29 heavy (non-hydrogen) atoms. The molecule has 0 saturated heterocycles. The highest BCUT2D eigenvalue weighted by Gasteiger charge is 2.03. The predicted molar refractivity (Wildman–Crippen MR) is 133 cm³/mol. The molecule has 0 fully saturated rings. The Morgan fingerprint density at radius 3 is 1.31 bits per heavy atom. The average molecular weight is 423 g/mol. The number of ether oxygens (including phenoxy) is 1. The molecule has 0 aliphatic rings. The molecule has 0 bridgehead atoms. The fourth-order valence-corrected chi connectivity index (χ4v) is 5.08. The summed E-state index contributed by atoms with van der Waals surface area (Å²) in [5, 5.41) is 4.36. The van der Waals surface area contributed by atoms with Crippen LogP contribution in [0, 0.1) is 0 Å². The van der Waals surface area contributed by atoms with Crippen molar-refractivity contribution in [1.29, 1.82) is 0 Å². The van der Waals surface area contributed by atoms with E-state index in [9.17, 15) is 0 Å². The highest BCUT2D eigenvalue weighted by atomic mass is 32.1. The van der Waals surface area contributed by atoms with Gasteiger partial charge in [0.05, 0.1) is 7.11 Å². The van der Waals surface area contributed by atoms with Crippen molar-refractivity contribution in [2.75, 3.05) is 7.11 Å². The number of unbranched alkanes of at least 4 members (excludes halogenated alkanes) is 19. The Bertz CT molecular complexity index is 440. The van der Waals surface area contributed by atoms with E-state index < -0.39 is 0 Å². The molecule has 0 N–H and O–H groups in total. The number of aryl methyl sites for hydroxylation is 1. The second-order valence-corrected chi connectivity index (χ2v) is 9.68. The zero-order chi connectivity index (χ0) is 20.8. The molecule has 0 saturated carbocycles. The third-order valence-electron chi connectivity index (χ3n) is 6.22. The van der Waals surface area contributed by atoms with Crippen molar-refractivity contribution in [3.05, 3.63) is 16.3 Å². The lowest BCUT2D eigenvalue weighted by atomic mass is 10.0. The Labute approximate surface area is 187 Å². The van der Waals surface area contributed by atoms with Gasteiger partial charge in [0.15, 0.2) is 0 Å². The van der Waals surface area contributed by atoms with E-state index in [0.29, 0.717) is 0 Å². The first kappa shape index (κ1) is 26.5. The number of rotatable bonds is 22. The Morgan fingerprint density at radius 1 is 0.552 bits per heavy atom. The minimum Gasteiger partial charge on any atom is -0.496 e. The Balaban J connectivity index is 1.70. The lowest BCUT2D eigenvalue weighted by Crippen LogP contribution is -1.89. The molecule has 1 nitrogen and oxygen atoms in total. The molecule has 1 rings (SSSR count). The van der Waals surface area contributed by atoms with Gasteiger partial charge in [-0.2, -0.15) is 0 Å². The fourth-order valence-electron chi connectivity index (χ4n) is 4.24. The summed E-state index contributed by atoms with van der Waals surface area (Å²) in [6, 6.07) is 0.